The molecule has 2 N–H and O–H groups in total. The molecule has 1 unspecified atom stereocenters. The fourth-order valence-electron chi connectivity index (χ4n) is 4.44. The highest BCUT2D eigenvalue weighted by Crippen LogP contribution is 2.39. The van der Waals surface area contributed by atoms with Crippen molar-refractivity contribution in [2.24, 2.45) is 0 Å². The van der Waals surface area contributed by atoms with Crippen LogP contribution >= 0.6 is 11.3 Å². The van der Waals surface area contributed by atoms with Crippen molar-refractivity contribution in [1.82, 2.24) is 0 Å². The molecule has 7 nitrogen and oxygen atoms in total. The second kappa shape index (κ2) is 12.1. The van der Waals surface area contributed by atoms with Gasteiger partial charge in [0.05, 0.1) is 12.7 Å². The molecule has 37 heavy (non-hydrogen) atoms. The van der Waals surface area contributed by atoms with E-state index < -0.39 is 18.5 Å². The minimum atomic E-state index is -0.602. The maximum absolute atomic E-state index is 13.2. The van der Waals surface area contributed by atoms with E-state index in [1.165, 1.54) is 11.3 Å². The summed E-state index contributed by atoms with van der Waals surface area (Å²) in [6.45, 7) is 3.79. The van der Waals surface area contributed by atoms with Crippen molar-refractivity contribution in [3.05, 3.63) is 75.7 Å². The lowest BCUT2D eigenvalue weighted by atomic mass is 9.95. The zero-order chi connectivity index (χ0) is 26.4. The number of nitrogens with one attached hydrogen (secondary N) is 2. The molecule has 1 aliphatic carbocycles. The summed E-state index contributed by atoms with van der Waals surface area (Å²) in [5.41, 5.74) is 3.48. The molecule has 1 atom stereocenters. The highest BCUT2D eigenvalue weighted by atomic mass is 32.1. The molecule has 1 heterocycles. The number of ether oxygens (including phenoxy) is 2. The van der Waals surface area contributed by atoms with Gasteiger partial charge >= 0.3 is 5.97 Å². The second-order valence-corrected chi connectivity index (χ2v) is 10.2. The van der Waals surface area contributed by atoms with Gasteiger partial charge in [0.1, 0.15) is 10.8 Å². The minimum absolute atomic E-state index is 0.285. The average Bonchev–Trinajstić information content (AvgIpc) is 3.29. The lowest BCUT2D eigenvalue weighted by molar-refractivity contribution is -0.119. The Balaban J connectivity index is 1.48. The lowest BCUT2D eigenvalue weighted by Crippen LogP contribution is -2.23. The Labute approximate surface area is 221 Å². The first kappa shape index (κ1) is 26.4. The Morgan fingerprint density at radius 3 is 2.46 bits per heavy atom. The van der Waals surface area contributed by atoms with Gasteiger partial charge in [-0.3, -0.25) is 9.59 Å². The van der Waals surface area contributed by atoms with Crippen molar-refractivity contribution < 1.29 is 23.9 Å². The molecule has 0 saturated carbocycles. The monoisotopic (exact) mass is 520 g/mol. The molecule has 4 rings (SSSR count). The number of benzene rings is 2. The topological polar surface area (TPSA) is 93.7 Å². The van der Waals surface area contributed by atoms with Crippen molar-refractivity contribution in [2.45, 2.75) is 51.9 Å². The van der Waals surface area contributed by atoms with Crippen molar-refractivity contribution in [3.8, 4) is 5.75 Å². The van der Waals surface area contributed by atoms with Gasteiger partial charge < -0.3 is 20.1 Å². The van der Waals surface area contributed by atoms with E-state index in [1.54, 1.807) is 31.4 Å². The number of fused-ring (bicyclic) bond motifs is 1. The summed E-state index contributed by atoms with van der Waals surface area (Å²) in [5, 5.41) is 6.23. The van der Waals surface area contributed by atoms with Crippen molar-refractivity contribution in [2.75, 3.05) is 24.4 Å². The quantitative estimate of drug-likeness (QED) is 0.328. The molecule has 2 aromatic carbocycles. The number of rotatable bonds is 9. The Morgan fingerprint density at radius 1 is 1.00 bits per heavy atom. The number of aryl methyl sites for hydroxylation is 1. The van der Waals surface area contributed by atoms with Crippen LogP contribution in [0.2, 0.25) is 0 Å². The van der Waals surface area contributed by atoms with E-state index in [4.69, 9.17) is 9.47 Å². The summed E-state index contributed by atoms with van der Waals surface area (Å²) in [7, 11) is 1.56. The van der Waals surface area contributed by atoms with Gasteiger partial charge in [0.15, 0.2) is 6.61 Å². The highest BCUT2D eigenvalue weighted by Gasteiger charge is 2.28. The molecule has 3 aromatic rings. The van der Waals surface area contributed by atoms with Gasteiger partial charge in [0, 0.05) is 16.1 Å². The summed E-state index contributed by atoms with van der Waals surface area (Å²) in [6.07, 6.45) is 4.53. The van der Waals surface area contributed by atoms with Crippen LogP contribution in [0.3, 0.4) is 0 Å². The molecule has 1 aliphatic rings. The van der Waals surface area contributed by atoms with E-state index in [0.717, 1.165) is 53.8 Å². The molecule has 0 radical (unpaired) electrons. The van der Waals surface area contributed by atoms with Gasteiger partial charge in [-0.1, -0.05) is 32.0 Å². The van der Waals surface area contributed by atoms with Crippen LogP contribution in [-0.4, -0.2) is 31.5 Å². The lowest BCUT2D eigenvalue weighted by Gasteiger charge is -2.16. The molecular weight excluding hydrogens is 488 g/mol. The first-order valence-corrected chi connectivity index (χ1v) is 13.4. The summed E-state index contributed by atoms with van der Waals surface area (Å²) in [6, 6.07) is 14.4. The number of esters is 1. The fourth-order valence-corrected chi connectivity index (χ4v) is 5.71. The Morgan fingerprint density at radius 2 is 1.73 bits per heavy atom. The number of methoxy groups -OCH3 is 1. The van der Waals surface area contributed by atoms with Crippen molar-refractivity contribution in [3.63, 3.8) is 0 Å². The van der Waals surface area contributed by atoms with Gasteiger partial charge in [-0.05, 0) is 79.5 Å². The van der Waals surface area contributed by atoms with E-state index in [-0.39, 0.29) is 11.8 Å². The Hall–Kier alpha value is -3.65. The van der Waals surface area contributed by atoms with Gasteiger partial charge in [-0.15, -0.1) is 11.3 Å². The van der Waals surface area contributed by atoms with E-state index in [0.29, 0.717) is 21.9 Å². The summed E-state index contributed by atoms with van der Waals surface area (Å²) >= 11 is 1.41. The maximum Gasteiger partial charge on any atom is 0.341 e. The molecular formula is C29H32N2O5S. The van der Waals surface area contributed by atoms with E-state index >= 15 is 0 Å². The second-order valence-electron chi connectivity index (χ2n) is 9.12. The first-order chi connectivity index (χ1) is 17.9. The SMILES string of the molecule is CCC(C)c1ccccc1NC(=O)COC(=O)c1c(NC(=O)c2ccc(OC)cc2)sc2c1CCCC2. The van der Waals surface area contributed by atoms with Gasteiger partial charge in [-0.25, -0.2) is 4.79 Å². The summed E-state index contributed by atoms with van der Waals surface area (Å²) in [5.74, 6) is -0.396. The van der Waals surface area contributed by atoms with Crippen LogP contribution in [0.5, 0.6) is 5.75 Å². The first-order valence-electron chi connectivity index (χ1n) is 12.6. The number of hydrogen-bond donors (Lipinski definition) is 2. The normalized spacial score (nSPS) is 13.3. The van der Waals surface area contributed by atoms with Crippen LogP contribution in [0.1, 0.15) is 75.7 Å². The number of amides is 2. The largest absolute Gasteiger partial charge is 0.497 e. The van der Waals surface area contributed by atoms with Crippen LogP contribution in [-0.2, 0) is 22.4 Å². The van der Waals surface area contributed by atoms with Gasteiger partial charge in [0.2, 0.25) is 0 Å². The molecule has 2 amide bonds. The Bertz CT molecular complexity index is 1280. The third kappa shape index (κ3) is 6.20. The molecule has 0 fully saturated rings. The standard InChI is InChI=1S/C29H32N2O5S/c1-4-18(2)21-9-5-7-11-23(21)30-25(32)17-36-29(34)26-22-10-6-8-12-24(22)37-28(26)31-27(33)19-13-15-20(35-3)16-14-19/h5,7,9,11,13-16,18H,4,6,8,10,12,17H2,1-3H3,(H,30,32)(H,31,33). The number of carbonyl (C=O) groups excluding carboxylic acids is 3. The number of thiophene rings is 1. The number of carbonyl (C=O) groups is 3. The Kier molecular flexibility index (Phi) is 8.61. The molecule has 0 saturated heterocycles. The third-order valence-electron chi connectivity index (χ3n) is 6.67. The fraction of sp³-hybridized carbons (Fsp3) is 0.345. The predicted octanol–water partition coefficient (Wildman–Crippen LogP) is 6.20. The summed E-state index contributed by atoms with van der Waals surface area (Å²) in [4.78, 5) is 39.9. The minimum Gasteiger partial charge on any atom is -0.497 e. The van der Waals surface area contributed by atoms with Crippen LogP contribution in [0.25, 0.3) is 0 Å². The molecule has 8 heteroatoms. The molecule has 194 valence electrons. The average molecular weight is 521 g/mol. The van der Waals surface area contributed by atoms with Gasteiger partial charge in [0.25, 0.3) is 11.8 Å². The number of anilines is 2. The zero-order valence-electron chi connectivity index (χ0n) is 21.4. The summed E-state index contributed by atoms with van der Waals surface area (Å²) < 4.78 is 10.6. The molecule has 0 spiro atoms. The number of hydrogen-bond acceptors (Lipinski definition) is 6. The van der Waals surface area contributed by atoms with Crippen LogP contribution in [0, 0.1) is 0 Å². The maximum atomic E-state index is 13.2. The van der Waals surface area contributed by atoms with Crippen molar-refractivity contribution >= 4 is 39.8 Å². The highest BCUT2D eigenvalue weighted by molar-refractivity contribution is 7.17. The smallest absolute Gasteiger partial charge is 0.341 e. The van der Waals surface area contributed by atoms with E-state index in [2.05, 4.69) is 24.5 Å². The van der Waals surface area contributed by atoms with Crippen LogP contribution < -0.4 is 15.4 Å². The van der Waals surface area contributed by atoms with Crippen molar-refractivity contribution in [1.29, 1.82) is 0 Å². The predicted molar refractivity (Wildman–Crippen MR) is 146 cm³/mol. The van der Waals surface area contributed by atoms with Gasteiger partial charge in [-0.2, -0.15) is 0 Å². The molecule has 1 aromatic heterocycles. The van der Waals surface area contributed by atoms with E-state index in [9.17, 15) is 14.4 Å². The molecule has 0 aliphatic heterocycles. The number of para-hydroxylation sites is 1. The zero-order valence-corrected chi connectivity index (χ0v) is 22.2. The van der Waals surface area contributed by atoms with E-state index in [1.807, 2.05) is 24.3 Å². The van der Waals surface area contributed by atoms with Crippen LogP contribution in [0.4, 0.5) is 10.7 Å². The van der Waals surface area contributed by atoms with Crippen LogP contribution in [0.15, 0.2) is 48.5 Å². The molecule has 0 bridgehead atoms. The third-order valence-corrected chi connectivity index (χ3v) is 7.87.